The first-order valence-electron chi connectivity index (χ1n) is 5.95. The van der Waals surface area contributed by atoms with Crippen LogP contribution in [0.2, 0.25) is 0 Å². The van der Waals surface area contributed by atoms with E-state index in [-0.39, 0.29) is 12.7 Å². The monoisotopic (exact) mass is 202 g/mol. The molecular formula is C12H26O2. The number of rotatable bonds is 9. The summed E-state index contributed by atoms with van der Waals surface area (Å²) in [5.41, 5.74) is 0. The standard InChI is InChI=1S/C12H26O2/c1-11(2)7-4-3-5-8-12(14)9-6-10-13/h11-14H,3-10H2,1-2H3. The first-order valence-corrected chi connectivity index (χ1v) is 5.95. The van der Waals surface area contributed by atoms with E-state index in [1.54, 1.807) is 0 Å². The molecule has 0 fully saturated rings. The molecular weight excluding hydrogens is 176 g/mol. The second-order valence-electron chi connectivity index (χ2n) is 4.55. The van der Waals surface area contributed by atoms with Crippen LogP contribution in [0.3, 0.4) is 0 Å². The Labute approximate surface area is 88.3 Å². The molecule has 0 spiro atoms. The van der Waals surface area contributed by atoms with E-state index in [2.05, 4.69) is 13.8 Å². The van der Waals surface area contributed by atoms with Crippen LogP contribution in [0, 0.1) is 5.92 Å². The van der Waals surface area contributed by atoms with E-state index in [1.165, 1.54) is 19.3 Å². The summed E-state index contributed by atoms with van der Waals surface area (Å²) in [4.78, 5) is 0. The van der Waals surface area contributed by atoms with Gasteiger partial charge in [-0.05, 0) is 25.2 Å². The van der Waals surface area contributed by atoms with Crippen molar-refractivity contribution in [3.05, 3.63) is 0 Å². The van der Waals surface area contributed by atoms with Crippen molar-refractivity contribution in [2.75, 3.05) is 6.61 Å². The summed E-state index contributed by atoms with van der Waals surface area (Å²) in [7, 11) is 0. The summed E-state index contributed by atoms with van der Waals surface area (Å²) in [5.74, 6) is 0.800. The van der Waals surface area contributed by atoms with Crippen LogP contribution in [-0.4, -0.2) is 22.9 Å². The molecule has 14 heavy (non-hydrogen) atoms. The molecule has 1 unspecified atom stereocenters. The Morgan fingerprint density at radius 3 is 2.00 bits per heavy atom. The van der Waals surface area contributed by atoms with E-state index in [0.29, 0.717) is 0 Å². The van der Waals surface area contributed by atoms with Crippen molar-refractivity contribution in [2.45, 2.75) is 64.9 Å². The highest BCUT2D eigenvalue weighted by Gasteiger charge is 2.03. The topological polar surface area (TPSA) is 40.5 Å². The smallest absolute Gasteiger partial charge is 0.0541 e. The molecule has 2 heteroatoms. The van der Waals surface area contributed by atoms with Crippen LogP contribution in [0.4, 0.5) is 0 Å². The van der Waals surface area contributed by atoms with Crippen LogP contribution in [0.5, 0.6) is 0 Å². The van der Waals surface area contributed by atoms with Gasteiger partial charge in [0.25, 0.3) is 0 Å². The summed E-state index contributed by atoms with van der Waals surface area (Å²) < 4.78 is 0. The summed E-state index contributed by atoms with van der Waals surface area (Å²) in [6.45, 7) is 4.69. The van der Waals surface area contributed by atoms with Crippen molar-refractivity contribution in [3.8, 4) is 0 Å². The van der Waals surface area contributed by atoms with Gasteiger partial charge in [-0.3, -0.25) is 0 Å². The third-order valence-corrected chi connectivity index (χ3v) is 2.51. The molecule has 86 valence electrons. The van der Waals surface area contributed by atoms with Gasteiger partial charge in [-0.25, -0.2) is 0 Å². The minimum atomic E-state index is -0.193. The third-order valence-electron chi connectivity index (χ3n) is 2.51. The molecule has 0 saturated carbocycles. The van der Waals surface area contributed by atoms with E-state index < -0.39 is 0 Å². The zero-order chi connectivity index (χ0) is 10.8. The van der Waals surface area contributed by atoms with Crippen LogP contribution in [0.25, 0.3) is 0 Å². The number of aliphatic hydroxyl groups excluding tert-OH is 2. The van der Waals surface area contributed by atoms with Gasteiger partial charge >= 0.3 is 0 Å². The van der Waals surface area contributed by atoms with Crippen molar-refractivity contribution in [1.82, 2.24) is 0 Å². The molecule has 0 aromatic carbocycles. The van der Waals surface area contributed by atoms with E-state index in [4.69, 9.17) is 5.11 Å². The van der Waals surface area contributed by atoms with Crippen molar-refractivity contribution in [1.29, 1.82) is 0 Å². The first-order chi connectivity index (χ1) is 6.66. The fourth-order valence-corrected chi connectivity index (χ4v) is 1.58. The third kappa shape index (κ3) is 10.0. The van der Waals surface area contributed by atoms with Crippen molar-refractivity contribution in [2.24, 2.45) is 5.92 Å². The first kappa shape index (κ1) is 13.9. The van der Waals surface area contributed by atoms with Crippen LogP contribution in [0.15, 0.2) is 0 Å². The zero-order valence-electron chi connectivity index (χ0n) is 9.71. The highest BCUT2D eigenvalue weighted by molar-refractivity contribution is 4.56. The molecule has 0 bridgehead atoms. The minimum Gasteiger partial charge on any atom is -0.396 e. The predicted octanol–water partition coefficient (Wildman–Crippen LogP) is 2.73. The maximum absolute atomic E-state index is 9.48. The highest BCUT2D eigenvalue weighted by atomic mass is 16.3. The van der Waals surface area contributed by atoms with Gasteiger partial charge in [0, 0.05) is 6.61 Å². The minimum absolute atomic E-state index is 0.193. The Morgan fingerprint density at radius 1 is 0.857 bits per heavy atom. The van der Waals surface area contributed by atoms with E-state index >= 15 is 0 Å². The van der Waals surface area contributed by atoms with Gasteiger partial charge in [0.15, 0.2) is 0 Å². The Balaban J connectivity index is 3.10. The van der Waals surface area contributed by atoms with Crippen LogP contribution in [-0.2, 0) is 0 Å². The fraction of sp³-hybridized carbons (Fsp3) is 1.00. The quantitative estimate of drug-likeness (QED) is 0.564. The van der Waals surface area contributed by atoms with E-state index in [0.717, 1.165) is 31.6 Å². The largest absolute Gasteiger partial charge is 0.396 e. The molecule has 0 aliphatic rings. The average molecular weight is 202 g/mol. The number of unbranched alkanes of at least 4 members (excludes halogenated alkanes) is 2. The maximum Gasteiger partial charge on any atom is 0.0541 e. The summed E-state index contributed by atoms with van der Waals surface area (Å²) in [5, 5.41) is 18.1. The lowest BCUT2D eigenvalue weighted by molar-refractivity contribution is 0.137. The molecule has 0 aromatic heterocycles. The average Bonchev–Trinajstić information content (AvgIpc) is 2.13. The molecule has 1 atom stereocenters. The molecule has 0 aromatic rings. The van der Waals surface area contributed by atoms with Gasteiger partial charge < -0.3 is 10.2 Å². The highest BCUT2D eigenvalue weighted by Crippen LogP contribution is 2.12. The zero-order valence-corrected chi connectivity index (χ0v) is 9.71. The van der Waals surface area contributed by atoms with Gasteiger partial charge in [0.1, 0.15) is 0 Å². The van der Waals surface area contributed by atoms with Crippen LogP contribution in [0.1, 0.15) is 58.8 Å². The number of hydrogen-bond donors (Lipinski definition) is 2. The molecule has 2 N–H and O–H groups in total. The van der Waals surface area contributed by atoms with Crippen molar-refractivity contribution in [3.63, 3.8) is 0 Å². The normalized spacial score (nSPS) is 13.5. The van der Waals surface area contributed by atoms with Crippen molar-refractivity contribution >= 4 is 0 Å². The van der Waals surface area contributed by atoms with Gasteiger partial charge in [-0.1, -0.05) is 39.5 Å². The number of hydrogen-bond acceptors (Lipinski definition) is 2. The van der Waals surface area contributed by atoms with Gasteiger partial charge in [-0.2, -0.15) is 0 Å². The Morgan fingerprint density at radius 2 is 1.43 bits per heavy atom. The Hall–Kier alpha value is -0.0800. The Kier molecular flexibility index (Phi) is 9.42. The predicted molar refractivity (Wildman–Crippen MR) is 60.2 cm³/mol. The lowest BCUT2D eigenvalue weighted by atomic mass is 10.0. The molecule has 2 nitrogen and oxygen atoms in total. The molecule has 0 amide bonds. The van der Waals surface area contributed by atoms with E-state index in [9.17, 15) is 5.11 Å². The second-order valence-corrected chi connectivity index (χ2v) is 4.55. The fourth-order valence-electron chi connectivity index (χ4n) is 1.58. The van der Waals surface area contributed by atoms with Gasteiger partial charge in [0.05, 0.1) is 6.10 Å². The van der Waals surface area contributed by atoms with E-state index in [1.807, 2.05) is 0 Å². The lowest BCUT2D eigenvalue weighted by Crippen LogP contribution is -2.06. The summed E-state index contributed by atoms with van der Waals surface area (Å²) in [6, 6.07) is 0. The van der Waals surface area contributed by atoms with Crippen LogP contribution >= 0.6 is 0 Å². The van der Waals surface area contributed by atoms with Gasteiger partial charge in [-0.15, -0.1) is 0 Å². The molecule has 0 aliphatic heterocycles. The lowest BCUT2D eigenvalue weighted by Gasteiger charge is -2.09. The summed E-state index contributed by atoms with van der Waals surface area (Å²) in [6.07, 6.45) is 7.12. The number of aliphatic hydroxyl groups is 2. The Bertz CT molecular complexity index is 113. The second kappa shape index (κ2) is 9.47. The molecule has 0 rings (SSSR count). The summed E-state index contributed by atoms with van der Waals surface area (Å²) >= 11 is 0. The molecule has 0 saturated heterocycles. The van der Waals surface area contributed by atoms with Crippen molar-refractivity contribution < 1.29 is 10.2 Å². The van der Waals surface area contributed by atoms with Gasteiger partial charge in [0.2, 0.25) is 0 Å². The van der Waals surface area contributed by atoms with Crippen LogP contribution < -0.4 is 0 Å². The molecule has 0 aliphatic carbocycles. The molecule has 0 radical (unpaired) electrons. The SMILES string of the molecule is CC(C)CCCCCC(O)CCCO. The molecule has 0 heterocycles. The maximum atomic E-state index is 9.48.